The van der Waals surface area contributed by atoms with E-state index in [1.54, 1.807) is 46.4 Å². The molecular weight excluding hydrogens is 407 g/mol. The van der Waals surface area contributed by atoms with Gasteiger partial charge in [0.15, 0.2) is 0 Å². The van der Waals surface area contributed by atoms with Gasteiger partial charge in [0.1, 0.15) is 18.1 Å². The van der Waals surface area contributed by atoms with Gasteiger partial charge >= 0.3 is 0 Å². The Bertz CT molecular complexity index is 1010. The van der Waals surface area contributed by atoms with Gasteiger partial charge in [-0.25, -0.2) is 4.39 Å². The summed E-state index contributed by atoms with van der Waals surface area (Å²) < 4.78 is 18.7. The monoisotopic (exact) mass is 434 g/mol. The van der Waals surface area contributed by atoms with Crippen molar-refractivity contribution >= 4 is 17.9 Å². The molecule has 3 rings (SSSR count). The van der Waals surface area contributed by atoms with Crippen LogP contribution in [0.5, 0.6) is 0 Å². The molecule has 2 amide bonds. The van der Waals surface area contributed by atoms with E-state index >= 15 is 0 Å². The van der Waals surface area contributed by atoms with Gasteiger partial charge in [0.25, 0.3) is 0 Å². The first kappa shape index (κ1) is 23.0. The fourth-order valence-corrected chi connectivity index (χ4v) is 3.27. The summed E-state index contributed by atoms with van der Waals surface area (Å²) in [5.74, 6) is -0.121. The van der Waals surface area contributed by atoms with Crippen molar-refractivity contribution in [2.75, 3.05) is 13.1 Å². The number of hydrogen-bond acceptors (Lipinski definition) is 3. The number of furan rings is 1. The number of carbonyl (C=O) groups is 2. The summed E-state index contributed by atoms with van der Waals surface area (Å²) in [4.78, 5) is 29.1. The summed E-state index contributed by atoms with van der Waals surface area (Å²) in [6.45, 7) is 2.93. The number of carbonyl (C=O) groups excluding carboxylic acids is 2. The third kappa shape index (κ3) is 6.94. The number of amides is 2. The van der Waals surface area contributed by atoms with Crippen molar-refractivity contribution in [3.63, 3.8) is 0 Å². The van der Waals surface area contributed by atoms with Crippen LogP contribution in [0.25, 0.3) is 6.08 Å². The summed E-state index contributed by atoms with van der Waals surface area (Å²) in [6.07, 6.45) is 5.52. The van der Waals surface area contributed by atoms with Gasteiger partial charge in [-0.1, -0.05) is 49.4 Å². The van der Waals surface area contributed by atoms with Crippen LogP contribution in [0.1, 0.15) is 30.2 Å². The fraction of sp³-hybridized carbons (Fsp3) is 0.231. The number of rotatable bonds is 10. The molecule has 0 N–H and O–H groups in total. The van der Waals surface area contributed by atoms with Crippen molar-refractivity contribution in [1.29, 1.82) is 0 Å². The Labute approximate surface area is 187 Å². The second-order valence-corrected chi connectivity index (χ2v) is 7.46. The second-order valence-electron chi connectivity index (χ2n) is 7.46. The third-order valence-electron chi connectivity index (χ3n) is 4.92. The Morgan fingerprint density at radius 3 is 2.34 bits per heavy atom. The molecule has 0 saturated heterocycles. The average molecular weight is 435 g/mol. The molecular formula is C26H27FN2O3. The van der Waals surface area contributed by atoms with Gasteiger partial charge in [-0.3, -0.25) is 9.59 Å². The maximum absolute atomic E-state index is 13.3. The zero-order valence-corrected chi connectivity index (χ0v) is 18.1. The molecule has 2 aromatic carbocycles. The number of benzene rings is 2. The molecule has 0 bridgehead atoms. The highest BCUT2D eigenvalue weighted by Gasteiger charge is 2.21. The zero-order valence-electron chi connectivity index (χ0n) is 18.1. The van der Waals surface area contributed by atoms with Gasteiger partial charge in [-0.2, -0.15) is 0 Å². The van der Waals surface area contributed by atoms with E-state index in [1.165, 1.54) is 18.2 Å². The van der Waals surface area contributed by atoms with E-state index in [0.717, 1.165) is 17.5 Å². The quantitative estimate of drug-likeness (QED) is 0.427. The summed E-state index contributed by atoms with van der Waals surface area (Å²) >= 11 is 0. The molecule has 0 fully saturated rings. The van der Waals surface area contributed by atoms with Crippen molar-refractivity contribution in [3.8, 4) is 0 Å². The van der Waals surface area contributed by atoms with E-state index in [9.17, 15) is 14.0 Å². The highest BCUT2D eigenvalue weighted by molar-refractivity contribution is 5.94. The van der Waals surface area contributed by atoms with Gasteiger partial charge in [-0.05, 0) is 47.9 Å². The smallest absolute Gasteiger partial charge is 0.247 e. The van der Waals surface area contributed by atoms with Gasteiger partial charge < -0.3 is 14.2 Å². The molecule has 1 aromatic heterocycles. The van der Waals surface area contributed by atoms with Crippen LogP contribution in [0, 0.1) is 5.82 Å². The summed E-state index contributed by atoms with van der Waals surface area (Å²) in [7, 11) is 0. The molecule has 0 spiro atoms. The van der Waals surface area contributed by atoms with Crippen LogP contribution in [0.2, 0.25) is 0 Å². The van der Waals surface area contributed by atoms with E-state index < -0.39 is 0 Å². The van der Waals surface area contributed by atoms with Crippen molar-refractivity contribution < 1.29 is 18.4 Å². The molecule has 32 heavy (non-hydrogen) atoms. The topological polar surface area (TPSA) is 53.8 Å². The molecule has 166 valence electrons. The SMILES string of the molecule is CCCN(CC(=O)N(Cc1ccc(F)cc1)Cc1ccco1)C(=O)C=Cc1ccccc1. The highest BCUT2D eigenvalue weighted by Crippen LogP contribution is 2.13. The Hall–Kier alpha value is -3.67. The molecule has 0 unspecified atom stereocenters. The summed E-state index contributed by atoms with van der Waals surface area (Å²) in [6, 6.07) is 19.1. The molecule has 0 aliphatic carbocycles. The van der Waals surface area contributed by atoms with Crippen molar-refractivity contribution in [2.24, 2.45) is 0 Å². The molecule has 0 aliphatic heterocycles. The van der Waals surface area contributed by atoms with Crippen molar-refractivity contribution in [3.05, 3.63) is 102 Å². The van der Waals surface area contributed by atoms with Crippen LogP contribution in [-0.2, 0) is 22.7 Å². The van der Waals surface area contributed by atoms with E-state index in [2.05, 4.69) is 0 Å². The zero-order chi connectivity index (χ0) is 22.8. The standard InChI is InChI=1S/C26H27FN2O3/c1-2-16-28(25(30)15-12-21-7-4-3-5-8-21)20-26(31)29(19-24-9-6-17-32-24)18-22-10-13-23(27)14-11-22/h3-15,17H,2,16,18-20H2,1H3. The molecule has 0 aliphatic rings. The average Bonchev–Trinajstić information content (AvgIpc) is 3.32. The number of hydrogen-bond donors (Lipinski definition) is 0. The van der Waals surface area contributed by atoms with Crippen molar-refractivity contribution in [2.45, 2.75) is 26.4 Å². The minimum Gasteiger partial charge on any atom is -0.467 e. The molecule has 0 saturated carbocycles. The molecule has 6 heteroatoms. The van der Waals surface area contributed by atoms with Crippen LogP contribution in [-0.4, -0.2) is 34.7 Å². The first-order valence-electron chi connectivity index (χ1n) is 10.6. The minimum atomic E-state index is -0.331. The normalized spacial score (nSPS) is 10.9. The predicted molar refractivity (Wildman–Crippen MR) is 122 cm³/mol. The molecule has 0 radical (unpaired) electrons. The lowest BCUT2D eigenvalue weighted by Crippen LogP contribution is -2.42. The van der Waals surface area contributed by atoms with Gasteiger partial charge in [-0.15, -0.1) is 0 Å². The Morgan fingerprint density at radius 2 is 1.69 bits per heavy atom. The Kier molecular flexibility index (Phi) is 8.37. The maximum atomic E-state index is 13.3. The molecule has 3 aromatic rings. The lowest BCUT2D eigenvalue weighted by Gasteiger charge is -2.26. The van der Waals surface area contributed by atoms with Gasteiger partial charge in [0.2, 0.25) is 11.8 Å². The Morgan fingerprint density at radius 1 is 0.938 bits per heavy atom. The number of halogens is 1. The van der Waals surface area contributed by atoms with Crippen LogP contribution < -0.4 is 0 Å². The predicted octanol–water partition coefficient (Wildman–Crippen LogP) is 4.90. The van der Waals surface area contributed by atoms with Gasteiger partial charge in [0, 0.05) is 19.2 Å². The van der Waals surface area contributed by atoms with Crippen LogP contribution in [0.15, 0.2) is 83.5 Å². The van der Waals surface area contributed by atoms with E-state index in [1.807, 2.05) is 37.3 Å². The number of nitrogens with zero attached hydrogens (tertiary/aromatic N) is 2. The molecule has 1 heterocycles. The first-order valence-corrected chi connectivity index (χ1v) is 10.6. The fourth-order valence-electron chi connectivity index (χ4n) is 3.27. The Balaban J connectivity index is 1.72. The minimum absolute atomic E-state index is 0.0479. The van der Waals surface area contributed by atoms with E-state index in [0.29, 0.717) is 12.3 Å². The molecule has 5 nitrogen and oxygen atoms in total. The third-order valence-corrected chi connectivity index (χ3v) is 4.92. The first-order chi connectivity index (χ1) is 15.5. The van der Waals surface area contributed by atoms with Crippen molar-refractivity contribution in [1.82, 2.24) is 9.80 Å². The summed E-state index contributed by atoms with van der Waals surface area (Å²) in [5, 5.41) is 0. The second kappa shape index (κ2) is 11.6. The maximum Gasteiger partial charge on any atom is 0.247 e. The lowest BCUT2D eigenvalue weighted by molar-refractivity contribution is -0.139. The van der Waals surface area contributed by atoms with Crippen LogP contribution >= 0.6 is 0 Å². The lowest BCUT2D eigenvalue weighted by atomic mass is 10.2. The van der Waals surface area contributed by atoms with E-state index in [-0.39, 0.29) is 37.3 Å². The van der Waals surface area contributed by atoms with Crippen LogP contribution in [0.4, 0.5) is 4.39 Å². The van der Waals surface area contributed by atoms with E-state index in [4.69, 9.17) is 4.42 Å². The highest BCUT2D eigenvalue weighted by atomic mass is 19.1. The molecule has 0 atom stereocenters. The summed E-state index contributed by atoms with van der Waals surface area (Å²) in [5.41, 5.74) is 1.71. The van der Waals surface area contributed by atoms with Crippen LogP contribution in [0.3, 0.4) is 0 Å². The van der Waals surface area contributed by atoms with Gasteiger partial charge in [0.05, 0.1) is 12.8 Å². The largest absolute Gasteiger partial charge is 0.467 e.